The monoisotopic (exact) mass is 378 g/mol. The van der Waals surface area contributed by atoms with E-state index < -0.39 is 0 Å². The third kappa shape index (κ3) is 4.53. The number of aryl methyl sites for hydroxylation is 1. The van der Waals surface area contributed by atoms with Gasteiger partial charge in [-0.05, 0) is 67.3 Å². The molecule has 0 spiro atoms. The normalized spacial score (nSPS) is 21.4. The van der Waals surface area contributed by atoms with Crippen LogP contribution in [0.25, 0.3) is 0 Å². The molecule has 5 heteroatoms. The molecule has 1 aliphatic heterocycles. The Morgan fingerprint density at radius 3 is 2.61 bits per heavy atom. The molecule has 0 aromatic heterocycles. The van der Waals surface area contributed by atoms with E-state index in [2.05, 4.69) is 34.9 Å². The summed E-state index contributed by atoms with van der Waals surface area (Å²) in [7, 11) is 0. The Kier molecular flexibility index (Phi) is 5.60. The Bertz CT molecular complexity index is 842. The molecule has 5 nitrogen and oxygen atoms in total. The average Bonchev–Trinajstić information content (AvgIpc) is 2.73. The van der Waals surface area contributed by atoms with Gasteiger partial charge >= 0.3 is 0 Å². The summed E-state index contributed by atoms with van der Waals surface area (Å²) in [6.45, 7) is 0.0176. The van der Waals surface area contributed by atoms with Crippen LogP contribution in [0.1, 0.15) is 49.1 Å². The lowest BCUT2D eigenvalue weighted by Crippen LogP contribution is -2.39. The first-order chi connectivity index (χ1) is 13.7. The zero-order chi connectivity index (χ0) is 19.3. The zero-order valence-corrected chi connectivity index (χ0v) is 15.9. The maximum Gasteiger partial charge on any atom is 0.258 e. The molecule has 0 unspecified atom stereocenters. The lowest BCUT2D eigenvalue weighted by atomic mass is 9.82. The fourth-order valence-corrected chi connectivity index (χ4v) is 4.16. The molecule has 2 aliphatic rings. The van der Waals surface area contributed by atoms with Crippen molar-refractivity contribution in [3.8, 4) is 5.75 Å². The molecule has 1 heterocycles. The molecule has 28 heavy (non-hydrogen) atoms. The molecule has 0 atom stereocenters. The molecule has 1 aliphatic carbocycles. The van der Waals surface area contributed by atoms with Gasteiger partial charge in [0.25, 0.3) is 5.91 Å². The van der Waals surface area contributed by atoms with Crippen molar-refractivity contribution in [2.24, 2.45) is 0 Å². The molecular weight excluding hydrogens is 352 g/mol. The van der Waals surface area contributed by atoms with Crippen LogP contribution >= 0.6 is 0 Å². The van der Waals surface area contributed by atoms with Crippen molar-refractivity contribution >= 4 is 17.5 Å². The molecule has 0 radical (unpaired) electrons. The number of amides is 2. The number of anilines is 1. The minimum absolute atomic E-state index is 0.0176. The second-order valence-corrected chi connectivity index (χ2v) is 7.68. The average molecular weight is 378 g/mol. The molecule has 2 N–H and O–H groups in total. The fourth-order valence-electron chi connectivity index (χ4n) is 4.16. The van der Waals surface area contributed by atoms with Crippen LogP contribution in [0.15, 0.2) is 48.5 Å². The molecular formula is C23H26N2O3. The highest BCUT2D eigenvalue weighted by atomic mass is 16.5. The molecule has 2 amide bonds. The Hall–Kier alpha value is -2.82. The maximum atomic E-state index is 12.3. The highest BCUT2D eigenvalue weighted by molar-refractivity contribution is 5.94. The van der Waals surface area contributed by atoms with Gasteiger partial charge in [-0.1, -0.05) is 30.3 Å². The zero-order valence-electron chi connectivity index (χ0n) is 15.9. The number of rotatable bonds is 5. The summed E-state index contributed by atoms with van der Waals surface area (Å²) in [4.78, 5) is 23.7. The molecule has 1 fully saturated rings. The highest BCUT2D eigenvalue weighted by Gasteiger charge is 2.23. The quantitative estimate of drug-likeness (QED) is 0.832. The van der Waals surface area contributed by atoms with E-state index in [1.807, 2.05) is 18.2 Å². The standard InChI is InChI=1S/C23H26N2O3/c26-22-13-8-18-14-20(11-12-21(18)25-22)28-15-23(27)24-19-9-6-17(7-10-19)16-4-2-1-3-5-16/h1-5,11-12,14,17,19H,6-10,13,15H2,(H,24,27)(H,25,26). The Labute approximate surface area is 165 Å². The van der Waals surface area contributed by atoms with Gasteiger partial charge in [0.15, 0.2) is 6.61 Å². The Morgan fingerprint density at radius 1 is 1.04 bits per heavy atom. The number of nitrogens with one attached hydrogen (secondary N) is 2. The largest absolute Gasteiger partial charge is 0.484 e. The van der Waals surface area contributed by atoms with E-state index in [-0.39, 0.29) is 24.5 Å². The van der Waals surface area contributed by atoms with Gasteiger partial charge in [-0.15, -0.1) is 0 Å². The van der Waals surface area contributed by atoms with Crippen LogP contribution in [0.4, 0.5) is 5.69 Å². The predicted molar refractivity (Wildman–Crippen MR) is 108 cm³/mol. The smallest absolute Gasteiger partial charge is 0.258 e. The van der Waals surface area contributed by atoms with Gasteiger partial charge in [0.1, 0.15) is 5.75 Å². The first-order valence-corrected chi connectivity index (χ1v) is 10.1. The Morgan fingerprint density at radius 2 is 1.82 bits per heavy atom. The van der Waals surface area contributed by atoms with E-state index in [9.17, 15) is 9.59 Å². The third-order valence-corrected chi connectivity index (χ3v) is 5.71. The topological polar surface area (TPSA) is 67.4 Å². The van der Waals surface area contributed by atoms with Gasteiger partial charge in [0.05, 0.1) is 0 Å². The van der Waals surface area contributed by atoms with Crippen molar-refractivity contribution in [1.82, 2.24) is 5.32 Å². The van der Waals surface area contributed by atoms with Crippen LogP contribution in [0.2, 0.25) is 0 Å². The summed E-state index contributed by atoms with van der Waals surface area (Å²) in [5, 5.41) is 5.96. The summed E-state index contributed by atoms with van der Waals surface area (Å²) in [6.07, 6.45) is 5.41. The van der Waals surface area contributed by atoms with Gasteiger partial charge in [-0.25, -0.2) is 0 Å². The molecule has 2 aromatic carbocycles. The van der Waals surface area contributed by atoms with Crippen molar-refractivity contribution in [1.29, 1.82) is 0 Å². The van der Waals surface area contributed by atoms with Gasteiger partial charge in [-0.2, -0.15) is 0 Å². The van der Waals surface area contributed by atoms with Gasteiger partial charge in [0.2, 0.25) is 5.91 Å². The third-order valence-electron chi connectivity index (χ3n) is 5.71. The van der Waals surface area contributed by atoms with Crippen molar-refractivity contribution in [3.05, 3.63) is 59.7 Å². The van der Waals surface area contributed by atoms with E-state index in [0.29, 0.717) is 24.5 Å². The molecule has 0 saturated heterocycles. The number of hydrogen-bond acceptors (Lipinski definition) is 3. The molecule has 146 valence electrons. The van der Waals surface area contributed by atoms with E-state index in [1.54, 1.807) is 6.07 Å². The van der Waals surface area contributed by atoms with Crippen LogP contribution in [0.3, 0.4) is 0 Å². The summed E-state index contributed by atoms with van der Waals surface area (Å²) >= 11 is 0. The number of benzene rings is 2. The predicted octanol–water partition coefficient (Wildman–Crippen LogP) is 3.79. The summed E-state index contributed by atoms with van der Waals surface area (Å²) < 4.78 is 5.67. The van der Waals surface area contributed by atoms with E-state index in [4.69, 9.17) is 4.74 Å². The Balaban J connectivity index is 1.23. The maximum absolute atomic E-state index is 12.3. The fraction of sp³-hybridized carbons (Fsp3) is 0.391. The number of hydrogen-bond donors (Lipinski definition) is 2. The van der Waals surface area contributed by atoms with Crippen molar-refractivity contribution in [2.75, 3.05) is 11.9 Å². The van der Waals surface area contributed by atoms with Crippen LogP contribution in [0, 0.1) is 0 Å². The van der Waals surface area contributed by atoms with Crippen LogP contribution in [0.5, 0.6) is 5.75 Å². The molecule has 4 rings (SSSR count). The van der Waals surface area contributed by atoms with Gasteiger partial charge in [0, 0.05) is 18.2 Å². The second-order valence-electron chi connectivity index (χ2n) is 7.68. The van der Waals surface area contributed by atoms with Crippen molar-refractivity contribution < 1.29 is 14.3 Å². The molecule has 1 saturated carbocycles. The lowest BCUT2D eigenvalue weighted by Gasteiger charge is -2.29. The van der Waals surface area contributed by atoms with Crippen molar-refractivity contribution in [2.45, 2.75) is 50.5 Å². The second kappa shape index (κ2) is 8.46. The van der Waals surface area contributed by atoms with Crippen LogP contribution < -0.4 is 15.4 Å². The summed E-state index contributed by atoms with van der Waals surface area (Å²) in [6, 6.07) is 16.4. The number of carbonyl (C=O) groups is 2. The SMILES string of the molecule is O=C1CCc2cc(OCC(=O)NC3CCC(c4ccccc4)CC3)ccc2N1. The lowest BCUT2D eigenvalue weighted by molar-refractivity contribution is -0.124. The number of carbonyl (C=O) groups excluding carboxylic acids is 2. The number of ether oxygens (including phenoxy) is 1. The highest BCUT2D eigenvalue weighted by Crippen LogP contribution is 2.32. The summed E-state index contributed by atoms with van der Waals surface area (Å²) in [5.74, 6) is 1.23. The van der Waals surface area contributed by atoms with Gasteiger partial charge < -0.3 is 15.4 Å². The molecule has 0 bridgehead atoms. The van der Waals surface area contributed by atoms with Gasteiger partial charge in [-0.3, -0.25) is 9.59 Å². The first-order valence-electron chi connectivity index (χ1n) is 10.1. The first kappa shape index (κ1) is 18.5. The minimum atomic E-state index is -0.0748. The van der Waals surface area contributed by atoms with Crippen LogP contribution in [-0.2, 0) is 16.0 Å². The van der Waals surface area contributed by atoms with Crippen molar-refractivity contribution in [3.63, 3.8) is 0 Å². The minimum Gasteiger partial charge on any atom is -0.484 e. The van der Waals surface area contributed by atoms with Crippen LogP contribution in [-0.4, -0.2) is 24.5 Å². The van der Waals surface area contributed by atoms with E-state index in [1.165, 1.54) is 5.56 Å². The van der Waals surface area contributed by atoms with E-state index in [0.717, 1.165) is 36.9 Å². The molecule has 2 aromatic rings. The summed E-state index contributed by atoms with van der Waals surface area (Å²) in [5.41, 5.74) is 3.29. The number of fused-ring (bicyclic) bond motifs is 1. The van der Waals surface area contributed by atoms with E-state index >= 15 is 0 Å².